The zero-order valence-corrected chi connectivity index (χ0v) is 13.9. The van der Waals surface area contributed by atoms with Crippen LogP contribution in [-0.2, 0) is 0 Å². The minimum atomic E-state index is 0.269. The van der Waals surface area contributed by atoms with Crippen LogP contribution in [0.25, 0.3) is 33.0 Å². The number of phenols is 1. The average molecular weight is 326 g/mol. The SMILES string of the molecule is COc1ccc2c(-c3ccccc3)c(-c3ccccc3)c(O)cc2c1. The molecule has 0 bridgehead atoms. The molecular weight excluding hydrogens is 308 g/mol. The van der Waals surface area contributed by atoms with Crippen LogP contribution in [0.4, 0.5) is 0 Å². The molecule has 4 aromatic carbocycles. The Morgan fingerprint density at radius 2 is 1.28 bits per heavy atom. The van der Waals surface area contributed by atoms with Gasteiger partial charge in [0.05, 0.1) is 7.11 Å². The van der Waals surface area contributed by atoms with E-state index in [0.29, 0.717) is 0 Å². The number of methoxy groups -OCH3 is 1. The summed E-state index contributed by atoms with van der Waals surface area (Å²) in [7, 11) is 1.65. The summed E-state index contributed by atoms with van der Waals surface area (Å²) in [6, 6.07) is 28.0. The Morgan fingerprint density at radius 1 is 0.680 bits per heavy atom. The number of hydrogen-bond donors (Lipinski definition) is 1. The third-order valence-electron chi connectivity index (χ3n) is 4.45. The summed E-state index contributed by atoms with van der Waals surface area (Å²) in [5.74, 6) is 1.05. The molecule has 122 valence electrons. The number of phenolic OH excluding ortho intramolecular Hbond substituents is 1. The first-order chi connectivity index (χ1) is 12.3. The fraction of sp³-hybridized carbons (Fsp3) is 0.0435. The molecule has 0 amide bonds. The largest absolute Gasteiger partial charge is 0.507 e. The van der Waals surface area contributed by atoms with Gasteiger partial charge in [-0.2, -0.15) is 0 Å². The fourth-order valence-corrected chi connectivity index (χ4v) is 3.30. The van der Waals surface area contributed by atoms with E-state index in [1.54, 1.807) is 7.11 Å². The summed E-state index contributed by atoms with van der Waals surface area (Å²) in [5.41, 5.74) is 3.96. The summed E-state index contributed by atoms with van der Waals surface area (Å²) >= 11 is 0. The Morgan fingerprint density at radius 3 is 1.88 bits per heavy atom. The van der Waals surface area contributed by atoms with Crippen LogP contribution in [0.1, 0.15) is 0 Å². The monoisotopic (exact) mass is 326 g/mol. The molecule has 4 rings (SSSR count). The van der Waals surface area contributed by atoms with Gasteiger partial charge in [0.1, 0.15) is 11.5 Å². The van der Waals surface area contributed by atoms with Crippen molar-refractivity contribution in [2.45, 2.75) is 0 Å². The maximum absolute atomic E-state index is 10.8. The second kappa shape index (κ2) is 6.33. The van der Waals surface area contributed by atoms with Crippen molar-refractivity contribution in [3.05, 3.63) is 84.9 Å². The zero-order chi connectivity index (χ0) is 17.2. The zero-order valence-electron chi connectivity index (χ0n) is 13.9. The summed E-state index contributed by atoms with van der Waals surface area (Å²) in [6.07, 6.45) is 0. The molecule has 0 saturated carbocycles. The summed E-state index contributed by atoms with van der Waals surface area (Å²) in [4.78, 5) is 0. The topological polar surface area (TPSA) is 29.5 Å². The highest BCUT2D eigenvalue weighted by Crippen LogP contribution is 2.44. The number of ether oxygens (including phenoxy) is 1. The predicted molar refractivity (Wildman–Crippen MR) is 103 cm³/mol. The molecule has 0 aliphatic heterocycles. The van der Waals surface area contributed by atoms with Crippen molar-refractivity contribution in [1.82, 2.24) is 0 Å². The van der Waals surface area contributed by atoms with Crippen LogP contribution in [0.2, 0.25) is 0 Å². The summed E-state index contributed by atoms with van der Waals surface area (Å²) in [6.45, 7) is 0. The van der Waals surface area contributed by atoms with Gasteiger partial charge in [-0.05, 0) is 40.1 Å². The van der Waals surface area contributed by atoms with Crippen LogP contribution in [0.15, 0.2) is 84.9 Å². The van der Waals surface area contributed by atoms with E-state index in [1.165, 1.54) is 0 Å². The van der Waals surface area contributed by atoms with Gasteiger partial charge in [0.15, 0.2) is 0 Å². The molecule has 0 spiro atoms. The van der Waals surface area contributed by atoms with Crippen molar-refractivity contribution in [1.29, 1.82) is 0 Å². The van der Waals surface area contributed by atoms with Crippen molar-refractivity contribution in [3.8, 4) is 33.8 Å². The van der Waals surface area contributed by atoms with Gasteiger partial charge in [-0.25, -0.2) is 0 Å². The van der Waals surface area contributed by atoms with Gasteiger partial charge < -0.3 is 9.84 Å². The van der Waals surface area contributed by atoms with E-state index >= 15 is 0 Å². The van der Waals surface area contributed by atoms with Crippen molar-refractivity contribution < 1.29 is 9.84 Å². The first kappa shape index (κ1) is 15.3. The molecule has 25 heavy (non-hydrogen) atoms. The molecule has 1 N–H and O–H groups in total. The normalized spacial score (nSPS) is 10.8. The van der Waals surface area contributed by atoms with Gasteiger partial charge in [-0.1, -0.05) is 66.7 Å². The number of benzene rings is 4. The smallest absolute Gasteiger partial charge is 0.124 e. The third kappa shape index (κ3) is 2.72. The quantitative estimate of drug-likeness (QED) is 0.509. The summed E-state index contributed by atoms with van der Waals surface area (Å²) in [5, 5.41) is 12.9. The van der Waals surface area contributed by atoms with E-state index in [4.69, 9.17) is 4.74 Å². The lowest BCUT2D eigenvalue weighted by molar-refractivity contribution is 0.415. The molecule has 4 aromatic rings. The van der Waals surface area contributed by atoms with Gasteiger partial charge >= 0.3 is 0 Å². The first-order valence-corrected chi connectivity index (χ1v) is 8.22. The van der Waals surface area contributed by atoms with Crippen molar-refractivity contribution in [2.24, 2.45) is 0 Å². The lowest BCUT2D eigenvalue weighted by atomic mass is 9.89. The Bertz CT molecular complexity index is 1020. The Labute approximate surface area is 146 Å². The molecule has 0 aliphatic rings. The Balaban J connectivity index is 2.12. The molecule has 2 heteroatoms. The minimum absolute atomic E-state index is 0.269. The lowest BCUT2D eigenvalue weighted by Gasteiger charge is -2.16. The fourth-order valence-electron chi connectivity index (χ4n) is 3.30. The number of rotatable bonds is 3. The average Bonchev–Trinajstić information content (AvgIpc) is 2.67. The van der Waals surface area contributed by atoms with Gasteiger partial charge in [-0.15, -0.1) is 0 Å². The number of hydrogen-bond acceptors (Lipinski definition) is 2. The van der Waals surface area contributed by atoms with Crippen LogP contribution in [0.5, 0.6) is 11.5 Å². The van der Waals surface area contributed by atoms with E-state index in [-0.39, 0.29) is 5.75 Å². The maximum atomic E-state index is 10.8. The predicted octanol–water partition coefficient (Wildman–Crippen LogP) is 5.89. The lowest BCUT2D eigenvalue weighted by Crippen LogP contribution is -1.90. The maximum Gasteiger partial charge on any atom is 0.124 e. The van der Waals surface area contributed by atoms with E-state index in [2.05, 4.69) is 18.2 Å². The van der Waals surface area contributed by atoms with Crippen LogP contribution in [0, 0.1) is 0 Å². The molecule has 0 fully saturated rings. The van der Waals surface area contributed by atoms with E-state index in [9.17, 15) is 5.11 Å². The second-order valence-electron chi connectivity index (χ2n) is 5.96. The van der Waals surface area contributed by atoms with Crippen LogP contribution >= 0.6 is 0 Å². The first-order valence-electron chi connectivity index (χ1n) is 8.22. The number of fused-ring (bicyclic) bond motifs is 1. The Hall–Kier alpha value is -3.26. The van der Waals surface area contributed by atoms with Crippen LogP contribution in [0.3, 0.4) is 0 Å². The van der Waals surface area contributed by atoms with Crippen molar-refractivity contribution in [3.63, 3.8) is 0 Å². The van der Waals surface area contributed by atoms with Gasteiger partial charge in [-0.3, -0.25) is 0 Å². The van der Waals surface area contributed by atoms with Gasteiger partial charge in [0, 0.05) is 11.1 Å². The highest BCUT2D eigenvalue weighted by molar-refractivity contribution is 6.06. The van der Waals surface area contributed by atoms with Crippen molar-refractivity contribution in [2.75, 3.05) is 7.11 Å². The minimum Gasteiger partial charge on any atom is -0.507 e. The van der Waals surface area contributed by atoms with E-state index in [1.807, 2.05) is 66.7 Å². The standard InChI is InChI=1S/C23H18O2/c1-25-19-12-13-20-18(14-19)15-21(24)23(17-10-6-3-7-11-17)22(20)16-8-4-2-5-9-16/h2-15,24H,1H3. The molecular formula is C23H18O2. The number of aromatic hydroxyl groups is 1. The van der Waals surface area contributed by atoms with E-state index < -0.39 is 0 Å². The van der Waals surface area contributed by atoms with Gasteiger partial charge in [0.25, 0.3) is 0 Å². The molecule has 0 atom stereocenters. The summed E-state index contributed by atoms with van der Waals surface area (Å²) < 4.78 is 5.34. The highest BCUT2D eigenvalue weighted by Gasteiger charge is 2.16. The molecule has 0 aromatic heterocycles. The van der Waals surface area contributed by atoms with E-state index in [0.717, 1.165) is 38.8 Å². The molecule has 0 radical (unpaired) electrons. The molecule has 0 saturated heterocycles. The molecule has 0 aliphatic carbocycles. The highest BCUT2D eigenvalue weighted by atomic mass is 16.5. The molecule has 0 unspecified atom stereocenters. The van der Waals surface area contributed by atoms with Gasteiger partial charge in [0.2, 0.25) is 0 Å². The Kier molecular flexibility index (Phi) is 3.87. The van der Waals surface area contributed by atoms with Crippen LogP contribution in [-0.4, -0.2) is 12.2 Å². The third-order valence-corrected chi connectivity index (χ3v) is 4.45. The van der Waals surface area contributed by atoms with Crippen LogP contribution < -0.4 is 4.74 Å². The second-order valence-corrected chi connectivity index (χ2v) is 5.96. The molecule has 2 nitrogen and oxygen atoms in total. The molecule has 0 heterocycles. The van der Waals surface area contributed by atoms with Crippen molar-refractivity contribution >= 4 is 10.8 Å².